The first-order valence-corrected chi connectivity index (χ1v) is 17.0. The molecule has 0 amide bonds. The van der Waals surface area contributed by atoms with E-state index in [1.54, 1.807) is 12.3 Å². The molecule has 9 nitrogen and oxygen atoms in total. The number of anilines is 3. The van der Waals surface area contributed by atoms with Crippen molar-refractivity contribution in [2.24, 2.45) is 5.92 Å². The summed E-state index contributed by atoms with van der Waals surface area (Å²) in [5, 5.41) is 14.6. The van der Waals surface area contributed by atoms with Gasteiger partial charge in [-0.25, -0.2) is 13.8 Å². The molecule has 5 aliphatic rings. The number of hydrogen-bond donors (Lipinski definition) is 2. The molecule has 1 aromatic carbocycles. The number of pyridine rings is 1. The lowest BCUT2D eigenvalue weighted by Crippen LogP contribution is -2.52. The zero-order valence-electron chi connectivity index (χ0n) is 27.4. The Hall–Kier alpha value is -4.27. The smallest absolute Gasteiger partial charge is 0.319 e. The van der Waals surface area contributed by atoms with E-state index >= 15 is 0 Å². The molecule has 250 valence electrons. The van der Waals surface area contributed by atoms with Gasteiger partial charge in [-0.2, -0.15) is 9.97 Å². The molecule has 1 aliphatic carbocycles. The van der Waals surface area contributed by atoms with Crippen LogP contribution in [-0.2, 0) is 12.8 Å². The molecular weight excluding hydrogens is 612 g/mol. The van der Waals surface area contributed by atoms with Gasteiger partial charge in [-0.1, -0.05) is 25.0 Å². The van der Waals surface area contributed by atoms with E-state index in [-0.39, 0.29) is 24.7 Å². The average Bonchev–Trinajstić information content (AvgIpc) is 3.54. The molecule has 0 radical (unpaired) electrons. The molecule has 4 aliphatic heterocycles. The zero-order chi connectivity index (χ0) is 33.2. The van der Waals surface area contributed by atoms with E-state index in [0.717, 1.165) is 47.8 Å². The molecule has 2 bridgehead atoms. The number of rotatable bonds is 6. The van der Waals surface area contributed by atoms with Crippen molar-refractivity contribution < 1.29 is 18.6 Å². The van der Waals surface area contributed by atoms with Crippen LogP contribution in [-0.4, -0.2) is 82.7 Å². The van der Waals surface area contributed by atoms with Crippen molar-refractivity contribution in [1.82, 2.24) is 20.3 Å². The summed E-state index contributed by atoms with van der Waals surface area (Å²) in [6.07, 6.45) is 11.1. The van der Waals surface area contributed by atoms with Crippen molar-refractivity contribution in [2.75, 3.05) is 47.5 Å². The average molecular weight is 654 g/mol. The van der Waals surface area contributed by atoms with Gasteiger partial charge >= 0.3 is 6.01 Å². The van der Waals surface area contributed by atoms with Crippen LogP contribution in [0.4, 0.5) is 26.1 Å². The van der Waals surface area contributed by atoms with E-state index in [9.17, 15) is 13.9 Å². The number of ether oxygens (including phenoxy) is 1. The number of fused-ring (bicyclic) bond motifs is 4. The summed E-state index contributed by atoms with van der Waals surface area (Å²) in [4.78, 5) is 20.8. The minimum Gasteiger partial charge on any atom is -0.461 e. The molecule has 6 heterocycles. The Balaban J connectivity index is 1.17. The van der Waals surface area contributed by atoms with Crippen LogP contribution in [0, 0.1) is 24.1 Å². The normalized spacial score (nSPS) is 29.3. The van der Waals surface area contributed by atoms with Gasteiger partial charge in [0, 0.05) is 62.0 Å². The molecule has 11 heteroatoms. The molecule has 3 fully saturated rings. The van der Waals surface area contributed by atoms with Crippen LogP contribution in [0.5, 0.6) is 6.01 Å². The number of aliphatic hydroxyl groups is 1. The Morgan fingerprint density at radius 2 is 2.02 bits per heavy atom. The zero-order valence-corrected chi connectivity index (χ0v) is 27.4. The third-order valence-electron chi connectivity index (χ3n) is 10.8. The van der Waals surface area contributed by atoms with E-state index in [2.05, 4.69) is 28.0 Å². The van der Waals surface area contributed by atoms with Crippen LogP contribution in [0.1, 0.15) is 55.5 Å². The number of terminal acetylenes is 1. The fourth-order valence-corrected chi connectivity index (χ4v) is 8.52. The number of nitrogens with zero attached hydrogens (tertiary/aromatic N) is 6. The van der Waals surface area contributed by atoms with Crippen molar-refractivity contribution in [3.05, 3.63) is 70.4 Å². The summed E-state index contributed by atoms with van der Waals surface area (Å²) in [6.45, 7) is 6.69. The van der Waals surface area contributed by atoms with Crippen molar-refractivity contribution >= 4 is 23.4 Å². The molecule has 0 spiro atoms. The second kappa shape index (κ2) is 12.0. The third kappa shape index (κ3) is 5.45. The fraction of sp³-hybridized carbons (Fsp3) is 0.486. The summed E-state index contributed by atoms with van der Waals surface area (Å²) in [5.74, 6) is 4.25. The summed E-state index contributed by atoms with van der Waals surface area (Å²) in [6, 6.07) is 9.73. The molecule has 3 saturated heterocycles. The summed E-state index contributed by atoms with van der Waals surface area (Å²) in [5.41, 5.74) is 3.69. The first-order chi connectivity index (χ1) is 23.2. The number of aliphatic hydroxyl groups excluding tert-OH is 1. The van der Waals surface area contributed by atoms with E-state index in [1.165, 1.54) is 6.07 Å². The first kappa shape index (κ1) is 31.0. The highest BCUT2D eigenvalue weighted by Gasteiger charge is 2.44. The summed E-state index contributed by atoms with van der Waals surface area (Å²) >= 11 is 0. The second-order valence-corrected chi connectivity index (χ2v) is 14.3. The number of alkyl halides is 1. The molecule has 6 atom stereocenters. The molecule has 2 N–H and O–H groups in total. The lowest BCUT2D eigenvalue weighted by atomic mass is 9.92. The largest absolute Gasteiger partial charge is 0.461 e. The van der Waals surface area contributed by atoms with Gasteiger partial charge in [-0.3, -0.25) is 0 Å². The van der Waals surface area contributed by atoms with Crippen LogP contribution < -0.4 is 24.8 Å². The van der Waals surface area contributed by atoms with Gasteiger partial charge < -0.3 is 29.9 Å². The highest BCUT2D eigenvalue weighted by atomic mass is 19.1. The molecular formula is C37H41F2N7O2. The number of benzene rings is 1. The Morgan fingerprint density at radius 3 is 2.81 bits per heavy atom. The Morgan fingerprint density at radius 1 is 1.15 bits per heavy atom. The number of hydrogen-bond acceptors (Lipinski definition) is 9. The van der Waals surface area contributed by atoms with E-state index in [4.69, 9.17) is 21.1 Å². The predicted molar refractivity (Wildman–Crippen MR) is 181 cm³/mol. The lowest BCUT2D eigenvalue weighted by molar-refractivity contribution is 0.177. The van der Waals surface area contributed by atoms with Gasteiger partial charge in [-0.15, -0.1) is 6.42 Å². The van der Waals surface area contributed by atoms with E-state index < -0.39 is 23.6 Å². The highest BCUT2D eigenvalue weighted by molar-refractivity contribution is 5.74. The molecule has 1 unspecified atom stereocenters. The van der Waals surface area contributed by atoms with Gasteiger partial charge in [0.25, 0.3) is 0 Å². The molecule has 0 saturated carbocycles. The summed E-state index contributed by atoms with van der Waals surface area (Å²) < 4.78 is 36.3. The number of β-amino-alcohol motifs (C(OH)–C–C–N with tert-alkyl or cyclic N) is 1. The van der Waals surface area contributed by atoms with Crippen LogP contribution in [0.15, 0.2) is 42.2 Å². The van der Waals surface area contributed by atoms with E-state index in [0.29, 0.717) is 61.7 Å². The van der Waals surface area contributed by atoms with Crippen molar-refractivity contribution in [1.29, 1.82) is 0 Å². The lowest BCUT2D eigenvalue weighted by Gasteiger charge is -2.39. The van der Waals surface area contributed by atoms with E-state index in [1.807, 2.05) is 41.0 Å². The maximum absolute atomic E-state index is 14.9. The maximum atomic E-state index is 14.9. The maximum Gasteiger partial charge on any atom is 0.319 e. The topological polar surface area (TPSA) is 89.9 Å². The quantitative estimate of drug-likeness (QED) is 0.379. The Kier molecular flexibility index (Phi) is 7.76. The first-order valence-electron chi connectivity index (χ1n) is 17.0. The minimum absolute atomic E-state index is 0.180. The second-order valence-electron chi connectivity index (χ2n) is 14.3. The van der Waals surface area contributed by atoms with Gasteiger partial charge in [0.1, 0.15) is 30.2 Å². The molecule has 2 aromatic heterocycles. The number of allylic oxidation sites excluding steroid dienone is 1. The van der Waals surface area contributed by atoms with Gasteiger partial charge in [0.15, 0.2) is 0 Å². The van der Waals surface area contributed by atoms with Gasteiger partial charge in [-0.05, 0) is 61.9 Å². The SMILES string of the molecule is C#Cc1c(F)ccc2c1N(C1=Cc3nc(OC[C@]4(C)C[C@@H](F)CN4c4ccccn4)nc(N4C[C@H]5CC(C)[C@@H](C4)N5)c3CC1)C[C@@H](O)C2. The van der Waals surface area contributed by atoms with Crippen LogP contribution >= 0.6 is 0 Å². The van der Waals surface area contributed by atoms with Gasteiger partial charge in [0.2, 0.25) is 0 Å². The molecule has 48 heavy (non-hydrogen) atoms. The van der Waals surface area contributed by atoms with Crippen molar-refractivity contribution in [3.8, 4) is 18.4 Å². The van der Waals surface area contributed by atoms with Crippen LogP contribution in [0.2, 0.25) is 0 Å². The highest BCUT2D eigenvalue weighted by Crippen LogP contribution is 2.41. The fourth-order valence-electron chi connectivity index (χ4n) is 8.52. The standard InChI is InChI=1S/C37H41F2N7O2/c1-4-28-30(39)11-8-23-14-27(47)19-45(34(23)28)26-9-10-29-31(15-26)42-36(43-35(29)44-18-25-13-22(2)32(20-44)41-25)48-21-37(3)16-24(38)17-46(37)33-7-5-6-12-40-33/h1,5-8,11-12,15,22,24-25,27,32,41,47H,9-10,13-14,16-21H2,2-3H3/t22?,24-,25-,27+,32-,37+/m1/s1. The van der Waals surface area contributed by atoms with Gasteiger partial charge in [0.05, 0.1) is 35.1 Å². The minimum atomic E-state index is -1.01. The Labute approximate surface area is 280 Å². The number of nitrogens with one attached hydrogen (secondary N) is 1. The van der Waals surface area contributed by atoms with Crippen LogP contribution in [0.25, 0.3) is 6.08 Å². The monoisotopic (exact) mass is 653 g/mol. The van der Waals surface area contributed by atoms with Crippen molar-refractivity contribution in [2.45, 2.75) is 75.8 Å². The third-order valence-corrected chi connectivity index (χ3v) is 10.8. The summed E-state index contributed by atoms with van der Waals surface area (Å²) in [7, 11) is 0. The molecule has 8 rings (SSSR count). The Bertz CT molecular complexity index is 1800. The van der Waals surface area contributed by atoms with Crippen molar-refractivity contribution in [3.63, 3.8) is 0 Å². The van der Waals surface area contributed by atoms with Crippen LogP contribution in [0.3, 0.4) is 0 Å². The number of piperazine rings is 1. The molecule has 3 aromatic rings. The number of halogens is 2. The predicted octanol–water partition coefficient (Wildman–Crippen LogP) is 4.28. The number of aromatic nitrogens is 3.